The summed E-state index contributed by atoms with van der Waals surface area (Å²) in [4.78, 5) is 19.6. The molecule has 0 spiro atoms. The zero-order valence-electron chi connectivity index (χ0n) is 9.52. The lowest BCUT2D eigenvalue weighted by Gasteiger charge is -2.41. The molecular formula is C8H16NO8P. The molecule has 1 aliphatic rings. The molecule has 0 aromatic rings. The van der Waals surface area contributed by atoms with E-state index >= 15 is 0 Å². The fourth-order valence-electron chi connectivity index (χ4n) is 1.73. The molecule has 0 aliphatic carbocycles. The minimum atomic E-state index is -3.37. The zero-order chi connectivity index (χ0) is 13.9. The molecule has 1 heterocycles. The Balaban J connectivity index is 2.84. The quantitative estimate of drug-likeness (QED) is 0.351. The third kappa shape index (κ3) is 3.72. The number of aliphatic hydroxyl groups excluding tert-OH is 3. The maximum Gasteiger partial charge on any atom is 0.317 e. The second-order valence-corrected chi connectivity index (χ2v) is 4.58. The van der Waals surface area contributed by atoms with E-state index in [1.807, 2.05) is 0 Å². The molecule has 6 atom stereocenters. The zero-order valence-corrected chi connectivity index (χ0v) is 10.5. The van der Waals surface area contributed by atoms with Crippen molar-refractivity contribution in [3.8, 4) is 0 Å². The first-order valence-corrected chi connectivity index (χ1v) is 6.42. The molecule has 1 saturated heterocycles. The minimum Gasteiger partial charge on any atom is -0.394 e. The summed E-state index contributed by atoms with van der Waals surface area (Å²) in [6, 6.07) is -1.21. The van der Waals surface area contributed by atoms with Crippen molar-refractivity contribution in [1.82, 2.24) is 5.32 Å². The largest absolute Gasteiger partial charge is 0.394 e. The van der Waals surface area contributed by atoms with Crippen molar-refractivity contribution in [1.29, 1.82) is 0 Å². The van der Waals surface area contributed by atoms with Crippen LogP contribution < -0.4 is 5.32 Å². The Morgan fingerprint density at radius 1 is 1.50 bits per heavy atom. The van der Waals surface area contributed by atoms with Crippen molar-refractivity contribution < 1.29 is 38.8 Å². The molecule has 1 fully saturated rings. The summed E-state index contributed by atoms with van der Waals surface area (Å²) in [5, 5.41) is 30.6. The Morgan fingerprint density at radius 3 is 2.56 bits per heavy atom. The lowest BCUT2D eigenvalue weighted by molar-refractivity contribution is -0.248. The van der Waals surface area contributed by atoms with Gasteiger partial charge in [-0.3, -0.25) is 9.36 Å². The summed E-state index contributed by atoms with van der Waals surface area (Å²) < 4.78 is 20.1. The van der Waals surface area contributed by atoms with Crippen LogP contribution in [-0.2, 0) is 18.6 Å². The highest BCUT2D eigenvalue weighted by atomic mass is 31.1. The highest BCUT2D eigenvalue weighted by Gasteiger charge is 2.46. The summed E-state index contributed by atoms with van der Waals surface area (Å²) in [6.45, 7) is 0.545. The van der Waals surface area contributed by atoms with E-state index < -0.39 is 51.4 Å². The van der Waals surface area contributed by atoms with Gasteiger partial charge in [0.1, 0.15) is 24.4 Å². The Labute approximate surface area is 103 Å². The molecular weight excluding hydrogens is 269 g/mol. The van der Waals surface area contributed by atoms with Gasteiger partial charge in [0.15, 0.2) is 6.29 Å². The number of nitrogens with one attached hydrogen (secondary N) is 1. The molecule has 1 amide bonds. The van der Waals surface area contributed by atoms with Crippen LogP contribution in [0.5, 0.6) is 0 Å². The van der Waals surface area contributed by atoms with Gasteiger partial charge < -0.3 is 34.8 Å². The minimum absolute atomic E-state index is 0.528. The predicted octanol–water partition coefficient (Wildman–Crippen LogP) is -2.67. The summed E-state index contributed by atoms with van der Waals surface area (Å²) in [7, 11) is -3.37. The first-order chi connectivity index (χ1) is 8.36. The number of aliphatic hydroxyl groups is 3. The summed E-state index contributed by atoms with van der Waals surface area (Å²) in [6.07, 6.45) is -5.54. The van der Waals surface area contributed by atoms with Crippen LogP contribution in [0.25, 0.3) is 0 Å². The maximum atomic E-state index is 10.9. The first kappa shape index (κ1) is 15.5. The van der Waals surface area contributed by atoms with Gasteiger partial charge in [-0.15, -0.1) is 0 Å². The Bertz CT molecular complexity index is 326. The molecule has 9 nitrogen and oxygen atoms in total. The maximum absolute atomic E-state index is 10.9. The number of carbonyl (C=O) groups excluding carboxylic acids is 1. The SMILES string of the molecule is CC(=O)NC1C(O)OC(CO)C(O[PH](=O)O)C1O. The van der Waals surface area contributed by atoms with E-state index in [0.717, 1.165) is 0 Å². The number of carbonyl (C=O) groups is 1. The van der Waals surface area contributed by atoms with E-state index in [-0.39, 0.29) is 0 Å². The van der Waals surface area contributed by atoms with E-state index in [1.54, 1.807) is 0 Å². The van der Waals surface area contributed by atoms with Crippen LogP contribution in [0.15, 0.2) is 0 Å². The lowest BCUT2D eigenvalue weighted by atomic mass is 9.97. The van der Waals surface area contributed by atoms with Crippen LogP contribution >= 0.6 is 8.25 Å². The third-order valence-electron chi connectivity index (χ3n) is 2.48. The van der Waals surface area contributed by atoms with Crippen LogP contribution in [0.2, 0.25) is 0 Å². The smallest absolute Gasteiger partial charge is 0.317 e. The summed E-state index contributed by atoms with van der Waals surface area (Å²) in [5.74, 6) is -0.528. The van der Waals surface area contributed by atoms with Gasteiger partial charge in [-0.1, -0.05) is 0 Å². The second-order valence-electron chi connectivity index (χ2n) is 3.81. The van der Waals surface area contributed by atoms with E-state index in [9.17, 15) is 19.6 Å². The number of amides is 1. The molecule has 1 rings (SSSR count). The molecule has 18 heavy (non-hydrogen) atoms. The van der Waals surface area contributed by atoms with Crippen molar-refractivity contribution in [3.05, 3.63) is 0 Å². The summed E-state index contributed by atoms with van der Waals surface area (Å²) >= 11 is 0. The van der Waals surface area contributed by atoms with Gasteiger partial charge in [0, 0.05) is 6.92 Å². The van der Waals surface area contributed by atoms with Crippen LogP contribution in [0.1, 0.15) is 6.92 Å². The fourth-order valence-corrected chi connectivity index (χ4v) is 2.26. The third-order valence-corrected chi connectivity index (χ3v) is 2.95. The topological polar surface area (TPSA) is 146 Å². The van der Waals surface area contributed by atoms with Gasteiger partial charge in [-0.2, -0.15) is 0 Å². The Kier molecular flexibility index (Phi) is 5.67. The van der Waals surface area contributed by atoms with E-state index in [4.69, 9.17) is 14.7 Å². The fraction of sp³-hybridized carbons (Fsp3) is 0.875. The number of ether oxygens (including phenoxy) is 1. The molecule has 0 saturated carbocycles. The van der Waals surface area contributed by atoms with Gasteiger partial charge >= 0.3 is 8.25 Å². The Hall–Kier alpha value is -0.540. The molecule has 106 valence electrons. The monoisotopic (exact) mass is 285 g/mol. The molecule has 5 N–H and O–H groups in total. The number of hydrogen-bond acceptors (Lipinski definition) is 7. The van der Waals surface area contributed by atoms with Gasteiger partial charge in [0.2, 0.25) is 5.91 Å². The molecule has 6 unspecified atom stereocenters. The number of hydrogen-bond donors (Lipinski definition) is 5. The van der Waals surface area contributed by atoms with Gasteiger partial charge in [-0.05, 0) is 0 Å². The lowest BCUT2D eigenvalue weighted by Crippen LogP contribution is -2.64. The Morgan fingerprint density at radius 2 is 2.11 bits per heavy atom. The van der Waals surface area contributed by atoms with Crippen molar-refractivity contribution in [3.63, 3.8) is 0 Å². The molecule has 0 radical (unpaired) electrons. The first-order valence-electron chi connectivity index (χ1n) is 5.16. The van der Waals surface area contributed by atoms with Crippen LogP contribution in [-0.4, -0.2) is 63.4 Å². The highest BCUT2D eigenvalue weighted by molar-refractivity contribution is 7.32. The van der Waals surface area contributed by atoms with Gasteiger partial charge in [0.25, 0.3) is 0 Å². The molecule has 1 aliphatic heterocycles. The summed E-state index contributed by atoms with van der Waals surface area (Å²) in [5.41, 5.74) is 0. The van der Waals surface area contributed by atoms with Crippen molar-refractivity contribution in [2.75, 3.05) is 6.61 Å². The second kappa shape index (κ2) is 6.58. The molecule has 0 aromatic heterocycles. The van der Waals surface area contributed by atoms with E-state index in [1.165, 1.54) is 6.92 Å². The van der Waals surface area contributed by atoms with Gasteiger partial charge in [-0.25, -0.2) is 0 Å². The van der Waals surface area contributed by atoms with Gasteiger partial charge in [0.05, 0.1) is 6.61 Å². The molecule has 10 heteroatoms. The van der Waals surface area contributed by atoms with Crippen LogP contribution in [0.3, 0.4) is 0 Å². The van der Waals surface area contributed by atoms with Crippen LogP contribution in [0, 0.1) is 0 Å². The molecule has 0 bridgehead atoms. The van der Waals surface area contributed by atoms with Crippen molar-refractivity contribution in [2.24, 2.45) is 0 Å². The average Bonchev–Trinajstić information content (AvgIpc) is 2.27. The van der Waals surface area contributed by atoms with Crippen molar-refractivity contribution >= 4 is 14.2 Å². The highest BCUT2D eigenvalue weighted by Crippen LogP contribution is 2.29. The van der Waals surface area contributed by atoms with E-state index in [2.05, 4.69) is 9.84 Å². The normalized spacial score (nSPS) is 38.2. The van der Waals surface area contributed by atoms with E-state index in [0.29, 0.717) is 0 Å². The van der Waals surface area contributed by atoms with Crippen LogP contribution in [0.4, 0.5) is 0 Å². The molecule has 0 aromatic carbocycles. The predicted molar refractivity (Wildman–Crippen MR) is 57.7 cm³/mol. The number of rotatable bonds is 4. The van der Waals surface area contributed by atoms with Crippen molar-refractivity contribution in [2.45, 2.75) is 37.6 Å². The standard InChI is InChI=1S/C8H16NO8P/c1-3(11)9-5-6(12)7(17-18(14)15)4(2-10)16-8(5)13/h4-8,10,12-13,18H,2H2,1H3,(H,9,11)(H,14,15). The average molecular weight is 285 g/mol.